The number of hydrogen-bond donors (Lipinski definition) is 2. The molecule has 2 heteroatoms. The van der Waals surface area contributed by atoms with Gasteiger partial charge in [0.1, 0.15) is 1.41 Å². The summed E-state index contributed by atoms with van der Waals surface area (Å²) in [6, 6.07) is -1.83. The van der Waals surface area contributed by atoms with E-state index in [-0.39, 0.29) is 5.70 Å². The molecule has 2 atom stereocenters. The lowest BCUT2D eigenvalue weighted by atomic mass is 10.1. The van der Waals surface area contributed by atoms with Crippen LogP contribution in [0.2, 0.25) is 2.82 Å². The van der Waals surface area contributed by atoms with Gasteiger partial charge in [-0.15, -0.1) is 0 Å². The second-order valence-corrected chi connectivity index (χ2v) is 1.81. The molecule has 2 aliphatic rings. The van der Waals surface area contributed by atoms with Crippen molar-refractivity contribution in [2.75, 3.05) is 6.62 Å². The van der Waals surface area contributed by atoms with Gasteiger partial charge in [-0.3, -0.25) is 5.31 Å². The molecular formula is C7H10N2. The molecule has 48 valence electrons. The van der Waals surface area contributed by atoms with Gasteiger partial charge in [0.2, 0.25) is 0 Å². The molecule has 1 aliphatic carbocycles. The van der Waals surface area contributed by atoms with Crippen molar-refractivity contribution in [3.05, 3.63) is 23.9 Å². The van der Waals surface area contributed by atoms with Gasteiger partial charge in [-0.25, -0.2) is 0 Å². The molecule has 0 bridgehead atoms. The Bertz CT molecular complexity index is 353. The quantitative estimate of drug-likeness (QED) is 0.492. The maximum Gasteiger partial charge on any atom is 0.161 e. The fourth-order valence-electron chi connectivity index (χ4n) is 0.786. The van der Waals surface area contributed by atoms with Crippen LogP contribution in [0.1, 0.15) is 11.9 Å². The van der Waals surface area contributed by atoms with Gasteiger partial charge in [-0.05, 0) is 12.5 Å². The van der Waals surface area contributed by atoms with E-state index in [4.69, 9.17) is 8.31 Å². The van der Waals surface area contributed by atoms with Gasteiger partial charge in [-0.2, -0.15) is 0 Å². The van der Waals surface area contributed by atoms with E-state index in [9.17, 15) is 0 Å². The smallest absolute Gasteiger partial charge is 0.161 e. The Kier molecular flexibility index (Phi) is 0.389. The maximum atomic E-state index is 7.97. The van der Waals surface area contributed by atoms with E-state index < -0.39 is 19.0 Å². The Hall–Kier alpha value is -0.760. The first-order valence-electron chi connectivity index (χ1n) is 5.69. The SMILES string of the molecule is [2H]C1C=CC=C2N([2H])C([2H])([2H])N([2H])C21[2H]. The largest absolute Gasteiger partial charge is 0.374 e. The van der Waals surface area contributed by atoms with Gasteiger partial charge < -0.3 is 5.31 Å². The highest BCUT2D eigenvalue weighted by atomic mass is 15.2. The summed E-state index contributed by atoms with van der Waals surface area (Å²) in [4.78, 5) is 0. The number of rotatable bonds is 0. The van der Waals surface area contributed by atoms with Crippen molar-refractivity contribution in [2.24, 2.45) is 0 Å². The predicted molar refractivity (Wildman–Crippen MR) is 36.8 cm³/mol. The van der Waals surface area contributed by atoms with Gasteiger partial charge >= 0.3 is 0 Å². The zero-order valence-electron chi connectivity index (χ0n) is 10.7. The number of allylic oxidation sites excluding steroid dienone is 2. The molecule has 2 nitrogen and oxygen atoms in total. The molecule has 2 unspecified atom stereocenters. The lowest BCUT2D eigenvalue weighted by Crippen LogP contribution is -2.22. The van der Waals surface area contributed by atoms with Crippen molar-refractivity contribution in [1.29, 1.82) is 0 Å². The first-order chi connectivity index (χ1) is 6.83. The second kappa shape index (κ2) is 1.88. The van der Waals surface area contributed by atoms with Crippen molar-refractivity contribution >= 4 is 0 Å². The van der Waals surface area contributed by atoms with Crippen molar-refractivity contribution in [1.82, 2.24) is 10.6 Å². The van der Waals surface area contributed by atoms with Crippen LogP contribution in [0.4, 0.5) is 0 Å². The lowest BCUT2D eigenvalue weighted by molar-refractivity contribution is 0.667. The predicted octanol–water partition coefficient (Wildman–Crippen LogP) is 0.349. The highest BCUT2D eigenvalue weighted by molar-refractivity contribution is 5.24. The first-order valence-corrected chi connectivity index (χ1v) is 2.72. The van der Waals surface area contributed by atoms with E-state index in [1.165, 1.54) is 18.2 Å². The summed E-state index contributed by atoms with van der Waals surface area (Å²) in [6.45, 7) is -2.38. The van der Waals surface area contributed by atoms with Crippen LogP contribution in [0.15, 0.2) is 23.9 Å². The van der Waals surface area contributed by atoms with Crippen LogP contribution in [0, 0.1) is 0 Å². The zero-order valence-corrected chi connectivity index (χ0v) is 4.70. The van der Waals surface area contributed by atoms with E-state index in [1.807, 2.05) is 0 Å². The van der Waals surface area contributed by atoms with Crippen LogP contribution < -0.4 is 10.6 Å². The molecule has 2 rings (SSSR count). The Morgan fingerprint density at radius 3 is 3.89 bits per heavy atom. The molecule has 0 amide bonds. The minimum atomic E-state index is -2.38. The molecule has 1 heterocycles. The van der Waals surface area contributed by atoms with E-state index in [0.717, 1.165) is 0 Å². The number of nitrogens with one attached hydrogen (secondary N) is 2. The third kappa shape index (κ3) is 0.754. The Balaban J connectivity index is 2.55. The fourth-order valence-corrected chi connectivity index (χ4v) is 0.786. The zero-order chi connectivity index (χ0) is 11.4. The summed E-state index contributed by atoms with van der Waals surface area (Å²) in [6.07, 6.45) is 3.25. The van der Waals surface area contributed by atoms with Crippen molar-refractivity contribution < 1.29 is 8.31 Å². The van der Waals surface area contributed by atoms with Gasteiger partial charge in [-0.1, -0.05) is 12.2 Å². The molecule has 1 saturated heterocycles. The molecule has 0 aromatic carbocycles. The topological polar surface area (TPSA) is 24.1 Å². The van der Waals surface area contributed by atoms with Gasteiger partial charge in [0.25, 0.3) is 0 Å². The summed E-state index contributed by atoms with van der Waals surface area (Å²) >= 11 is 0. The summed E-state index contributed by atoms with van der Waals surface area (Å²) in [5.74, 6) is 0. The monoisotopic (exact) mass is 128 g/mol. The molecule has 0 aromatic heterocycles. The van der Waals surface area contributed by atoms with Crippen molar-refractivity contribution in [2.45, 2.75) is 12.4 Å². The summed E-state index contributed by atoms with van der Waals surface area (Å²) in [7, 11) is 0. The Labute approximate surface area is 63.2 Å². The minimum Gasteiger partial charge on any atom is -0.374 e. The molecule has 1 fully saturated rings. The first kappa shape index (κ1) is 1.86. The molecule has 0 radical (unpaired) electrons. The highest BCUT2D eigenvalue weighted by Crippen LogP contribution is 2.12. The molecule has 1 aliphatic heterocycles. The molecule has 0 saturated carbocycles. The highest BCUT2D eigenvalue weighted by Gasteiger charge is 2.18. The Morgan fingerprint density at radius 1 is 2.00 bits per heavy atom. The minimum absolute atomic E-state index is 0.0185. The van der Waals surface area contributed by atoms with E-state index in [0.29, 0.717) is 10.6 Å². The molecule has 0 spiro atoms. The van der Waals surface area contributed by atoms with Crippen LogP contribution in [0.25, 0.3) is 0 Å². The number of fused-ring (bicyclic) bond motifs is 1. The van der Waals surface area contributed by atoms with Gasteiger partial charge in [0, 0.05) is 7.07 Å². The summed E-state index contributed by atoms with van der Waals surface area (Å²) < 4.78 is 45.6. The van der Waals surface area contributed by atoms with Crippen LogP contribution >= 0.6 is 0 Å². The lowest BCUT2D eigenvalue weighted by Gasteiger charge is -2.10. The van der Waals surface area contributed by atoms with Crippen molar-refractivity contribution in [3.63, 3.8) is 0 Å². The Morgan fingerprint density at radius 2 is 3.00 bits per heavy atom. The third-order valence-corrected chi connectivity index (χ3v) is 1.22. The van der Waals surface area contributed by atoms with Crippen molar-refractivity contribution in [3.8, 4) is 0 Å². The average Bonchev–Trinajstić information content (AvgIpc) is 2.31. The van der Waals surface area contributed by atoms with Gasteiger partial charge in [0.15, 0.2) is 1.41 Å². The molecule has 0 aromatic rings. The van der Waals surface area contributed by atoms with Gasteiger partial charge in [0.05, 0.1) is 16.8 Å². The maximum absolute atomic E-state index is 7.97. The van der Waals surface area contributed by atoms with Crippen LogP contribution in [0.5, 0.6) is 0 Å². The standard InChI is InChI=1S/C7H10N2/c1-2-4-7-6(3-1)8-5-9-7/h1-3,7-9H,4-5H2/i4D,5D2,7D/hD2. The normalized spacial score (nSPS) is 66.0. The molecule has 9 heavy (non-hydrogen) atoms. The van der Waals surface area contributed by atoms with Crippen LogP contribution in [0.3, 0.4) is 0 Å². The molecule has 2 N–H and O–H groups in total. The number of hydrogen-bond acceptors (Lipinski definition) is 2. The third-order valence-electron chi connectivity index (χ3n) is 1.22. The fraction of sp³-hybridized carbons (Fsp3) is 0.429. The average molecular weight is 128 g/mol. The summed E-state index contributed by atoms with van der Waals surface area (Å²) in [5, 5.41) is 0.845. The van der Waals surface area contributed by atoms with E-state index >= 15 is 0 Å². The second-order valence-electron chi connectivity index (χ2n) is 1.81. The van der Waals surface area contributed by atoms with Crippen LogP contribution in [-0.2, 0) is 0 Å². The molecular weight excluding hydrogens is 112 g/mol. The summed E-state index contributed by atoms with van der Waals surface area (Å²) in [5.41, 5.74) is 0.0185. The van der Waals surface area contributed by atoms with Crippen LogP contribution in [-0.4, -0.2) is 12.6 Å². The van der Waals surface area contributed by atoms with E-state index in [2.05, 4.69) is 0 Å². The van der Waals surface area contributed by atoms with E-state index in [1.54, 1.807) is 0 Å².